The summed E-state index contributed by atoms with van der Waals surface area (Å²) in [7, 11) is 1.80. The highest BCUT2D eigenvalue weighted by Gasteiger charge is 2.34. The van der Waals surface area contributed by atoms with E-state index in [4.69, 9.17) is 9.26 Å². The van der Waals surface area contributed by atoms with Crippen molar-refractivity contribution in [3.05, 3.63) is 46.8 Å². The van der Waals surface area contributed by atoms with Crippen LogP contribution in [0.2, 0.25) is 0 Å². The van der Waals surface area contributed by atoms with Crippen molar-refractivity contribution in [2.24, 2.45) is 4.99 Å². The minimum atomic E-state index is -0.227. The maximum absolute atomic E-state index is 6.12. The summed E-state index contributed by atoms with van der Waals surface area (Å²) in [6.45, 7) is 11.1. The van der Waals surface area contributed by atoms with E-state index in [1.165, 1.54) is 5.56 Å². The van der Waals surface area contributed by atoms with Crippen LogP contribution in [0.4, 0.5) is 0 Å². The summed E-state index contributed by atoms with van der Waals surface area (Å²) >= 11 is 0. The molecule has 28 heavy (non-hydrogen) atoms. The highest BCUT2D eigenvalue weighted by molar-refractivity contribution is 14.0. The van der Waals surface area contributed by atoms with Crippen molar-refractivity contribution in [2.75, 3.05) is 13.6 Å². The summed E-state index contributed by atoms with van der Waals surface area (Å²) in [4.78, 5) is 4.42. The third-order valence-electron chi connectivity index (χ3n) is 5.07. The van der Waals surface area contributed by atoms with Gasteiger partial charge in [-0.05, 0) is 33.8 Å². The molecule has 0 amide bonds. The molecule has 0 bridgehead atoms. The SMILES string of the molecule is CN=C(NCC(C)c1c(C)noc1C)NC1CC(C)(C)Oc2ccccc21.I. The molecule has 0 radical (unpaired) electrons. The molecule has 2 atom stereocenters. The number of aromatic nitrogens is 1. The van der Waals surface area contributed by atoms with Gasteiger partial charge in [-0.2, -0.15) is 0 Å². The van der Waals surface area contributed by atoms with Crippen molar-refractivity contribution in [3.8, 4) is 5.75 Å². The number of hydrogen-bond donors (Lipinski definition) is 2. The summed E-state index contributed by atoms with van der Waals surface area (Å²) in [5, 5.41) is 11.1. The van der Waals surface area contributed by atoms with Gasteiger partial charge in [0.2, 0.25) is 0 Å². The lowest BCUT2D eigenvalue weighted by atomic mass is 9.90. The highest BCUT2D eigenvalue weighted by Crippen LogP contribution is 2.39. The number of para-hydroxylation sites is 1. The fraction of sp³-hybridized carbons (Fsp3) is 0.524. The van der Waals surface area contributed by atoms with Gasteiger partial charge in [-0.25, -0.2) is 0 Å². The van der Waals surface area contributed by atoms with Gasteiger partial charge in [-0.3, -0.25) is 4.99 Å². The molecule has 0 fully saturated rings. The Hall–Kier alpha value is -1.77. The topological polar surface area (TPSA) is 71.7 Å². The van der Waals surface area contributed by atoms with Crippen LogP contribution in [0.1, 0.15) is 61.7 Å². The van der Waals surface area contributed by atoms with Crippen LogP contribution in [-0.4, -0.2) is 30.3 Å². The average molecular weight is 498 g/mol. The number of fused-ring (bicyclic) bond motifs is 1. The van der Waals surface area contributed by atoms with Crippen LogP contribution in [0.5, 0.6) is 5.75 Å². The number of aliphatic imine (C=N–C) groups is 1. The number of ether oxygens (including phenoxy) is 1. The Morgan fingerprint density at radius 2 is 2.04 bits per heavy atom. The smallest absolute Gasteiger partial charge is 0.191 e. The number of aryl methyl sites for hydroxylation is 2. The molecule has 1 aromatic carbocycles. The molecule has 0 saturated carbocycles. The van der Waals surface area contributed by atoms with Gasteiger partial charge in [0.25, 0.3) is 0 Å². The van der Waals surface area contributed by atoms with Crippen LogP contribution in [0.25, 0.3) is 0 Å². The predicted octanol–water partition coefficient (Wildman–Crippen LogP) is 4.48. The van der Waals surface area contributed by atoms with E-state index < -0.39 is 0 Å². The summed E-state index contributed by atoms with van der Waals surface area (Å²) in [6, 6.07) is 8.34. The molecule has 0 spiro atoms. The fourth-order valence-electron chi connectivity index (χ4n) is 3.84. The third kappa shape index (κ3) is 4.98. The van der Waals surface area contributed by atoms with E-state index in [-0.39, 0.29) is 41.5 Å². The number of halogens is 1. The molecule has 2 unspecified atom stereocenters. The largest absolute Gasteiger partial charge is 0.487 e. The highest BCUT2D eigenvalue weighted by atomic mass is 127. The van der Waals surface area contributed by atoms with Crippen LogP contribution in [0, 0.1) is 13.8 Å². The van der Waals surface area contributed by atoms with Gasteiger partial charge < -0.3 is 19.9 Å². The standard InChI is InChI=1S/C21H30N4O2.HI/c1-13(19-14(2)25-27-15(19)3)12-23-20(22-6)24-17-11-21(4,5)26-18-10-8-7-9-16(17)18;/h7-10,13,17H,11-12H2,1-6H3,(H2,22,23,24);1H. The Morgan fingerprint density at radius 3 is 2.68 bits per heavy atom. The minimum absolute atomic E-state index is 0. The molecular formula is C21H31IN4O2. The second-order valence-electron chi connectivity index (χ2n) is 7.89. The average Bonchev–Trinajstić information content (AvgIpc) is 2.95. The Bertz CT molecular complexity index is 812. The van der Waals surface area contributed by atoms with Gasteiger partial charge in [-0.1, -0.05) is 30.3 Å². The molecule has 6 nitrogen and oxygen atoms in total. The number of benzene rings is 1. The lowest BCUT2D eigenvalue weighted by Gasteiger charge is -2.38. The summed E-state index contributed by atoms with van der Waals surface area (Å²) < 4.78 is 11.4. The zero-order valence-electron chi connectivity index (χ0n) is 17.5. The van der Waals surface area contributed by atoms with Gasteiger partial charge in [0.05, 0.1) is 11.7 Å². The van der Waals surface area contributed by atoms with E-state index in [1.54, 1.807) is 7.05 Å². The van der Waals surface area contributed by atoms with Gasteiger partial charge in [0, 0.05) is 37.1 Å². The maximum atomic E-state index is 6.12. The molecule has 0 saturated heterocycles. The zero-order chi connectivity index (χ0) is 19.6. The summed E-state index contributed by atoms with van der Waals surface area (Å²) in [6.07, 6.45) is 0.865. The van der Waals surface area contributed by atoms with Crippen LogP contribution in [0.3, 0.4) is 0 Å². The van der Waals surface area contributed by atoms with Gasteiger partial charge in [0.15, 0.2) is 5.96 Å². The second-order valence-corrected chi connectivity index (χ2v) is 7.89. The van der Waals surface area contributed by atoms with E-state index in [9.17, 15) is 0 Å². The van der Waals surface area contributed by atoms with E-state index in [0.29, 0.717) is 0 Å². The first kappa shape index (κ1) is 22.5. The van der Waals surface area contributed by atoms with Gasteiger partial charge in [-0.15, -0.1) is 24.0 Å². The first-order valence-corrected chi connectivity index (χ1v) is 9.48. The molecule has 7 heteroatoms. The van der Waals surface area contributed by atoms with E-state index in [2.05, 4.69) is 47.6 Å². The van der Waals surface area contributed by atoms with E-state index in [0.717, 1.165) is 41.7 Å². The van der Waals surface area contributed by atoms with Crippen LogP contribution < -0.4 is 15.4 Å². The van der Waals surface area contributed by atoms with Crippen LogP contribution in [-0.2, 0) is 0 Å². The first-order chi connectivity index (χ1) is 12.8. The number of nitrogens with zero attached hydrogens (tertiary/aromatic N) is 2. The lowest BCUT2D eigenvalue weighted by Crippen LogP contribution is -2.46. The third-order valence-corrected chi connectivity index (χ3v) is 5.07. The van der Waals surface area contributed by atoms with E-state index in [1.807, 2.05) is 32.0 Å². The Balaban J connectivity index is 0.00000280. The minimum Gasteiger partial charge on any atom is -0.487 e. The summed E-state index contributed by atoms with van der Waals surface area (Å²) in [5.41, 5.74) is 3.05. The van der Waals surface area contributed by atoms with Crippen molar-refractivity contribution in [1.82, 2.24) is 15.8 Å². The molecule has 154 valence electrons. The number of hydrogen-bond acceptors (Lipinski definition) is 4. The molecule has 3 rings (SSSR count). The molecule has 2 aromatic rings. The fourth-order valence-corrected chi connectivity index (χ4v) is 3.84. The zero-order valence-corrected chi connectivity index (χ0v) is 19.8. The van der Waals surface area contributed by atoms with Crippen molar-refractivity contribution in [2.45, 2.75) is 58.6 Å². The van der Waals surface area contributed by atoms with Crippen molar-refractivity contribution < 1.29 is 9.26 Å². The number of rotatable bonds is 4. The normalized spacial score (nSPS) is 19.1. The van der Waals surface area contributed by atoms with E-state index >= 15 is 0 Å². The van der Waals surface area contributed by atoms with Crippen LogP contribution in [0.15, 0.2) is 33.8 Å². The Kier molecular flexibility index (Phi) is 7.36. The van der Waals surface area contributed by atoms with Crippen molar-refractivity contribution in [1.29, 1.82) is 0 Å². The molecular weight excluding hydrogens is 467 g/mol. The van der Waals surface area contributed by atoms with Gasteiger partial charge in [0.1, 0.15) is 17.1 Å². The first-order valence-electron chi connectivity index (χ1n) is 9.48. The van der Waals surface area contributed by atoms with Crippen molar-refractivity contribution in [3.63, 3.8) is 0 Å². The second kappa shape index (κ2) is 9.15. The summed E-state index contributed by atoms with van der Waals surface area (Å²) in [5.74, 6) is 2.87. The molecule has 1 aliphatic heterocycles. The quantitative estimate of drug-likeness (QED) is 0.370. The number of nitrogens with one attached hydrogen (secondary N) is 2. The Labute approximate surface area is 184 Å². The van der Waals surface area contributed by atoms with Crippen LogP contribution >= 0.6 is 24.0 Å². The van der Waals surface area contributed by atoms with Gasteiger partial charge >= 0.3 is 0 Å². The Morgan fingerprint density at radius 1 is 1.32 bits per heavy atom. The number of guanidine groups is 1. The lowest BCUT2D eigenvalue weighted by molar-refractivity contribution is 0.0694. The predicted molar refractivity (Wildman–Crippen MR) is 123 cm³/mol. The molecule has 2 heterocycles. The molecule has 2 N–H and O–H groups in total. The molecule has 1 aromatic heterocycles. The molecule has 1 aliphatic rings. The van der Waals surface area contributed by atoms with Crippen molar-refractivity contribution >= 4 is 29.9 Å². The maximum Gasteiger partial charge on any atom is 0.191 e. The molecule has 0 aliphatic carbocycles. The monoisotopic (exact) mass is 498 g/mol.